The molecule has 0 N–H and O–H groups in total. The molecule has 0 saturated heterocycles. The summed E-state index contributed by atoms with van der Waals surface area (Å²) in [6.45, 7) is 7.27. The lowest BCUT2D eigenvalue weighted by Gasteiger charge is -2.78. The van der Waals surface area contributed by atoms with Gasteiger partial charge in [-0.15, -0.1) is 0 Å². The van der Waals surface area contributed by atoms with E-state index < -0.39 is 0 Å². The Balaban J connectivity index is 1.19. The summed E-state index contributed by atoms with van der Waals surface area (Å²) in [6, 6.07) is 9.29. The monoisotopic (exact) mass is 410 g/mol. The molecule has 6 aliphatic rings. The number of fused-ring (bicyclic) bond motifs is 2. The summed E-state index contributed by atoms with van der Waals surface area (Å²) in [6.07, 6.45) is 21.9. The van der Waals surface area contributed by atoms with E-state index in [9.17, 15) is 0 Å². The number of hydrogen-bond donors (Lipinski definition) is 0. The SMILES string of the molecule is CC1=CC2=CC23C(CCC24C5C=CCCCC5C2CC34)C1(C)CCc1ccc(C)cc1. The van der Waals surface area contributed by atoms with Gasteiger partial charge in [0.05, 0.1) is 0 Å². The maximum atomic E-state index is 2.76. The minimum absolute atomic E-state index is 0.358. The summed E-state index contributed by atoms with van der Waals surface area (Å²) in [4.78, 5) is 0. The van der Waals surface area contributed by atoms with Crippen LogP contribution in [0.3, 0.4) is 0 Å². The van der Waals surface area contributed by atoms with Crippen molar-refractivity contribution in [2.24, 2.45) is 45.8 Å². The molecule has 8 atom stereocenters. The average Bonchev–Trinajstić information content (AvgIpc) is 3.49. The Kier molecular flexibility index (Phi) is 3.71. The fourth-order valence-electron chi connectivity index (χ4n) is 9.87. The van der Waals surface area contributed by atoms with Crippen molar-refractivity contribution in [1.29, 1.82) is 0 Å². The van der Waals surface area contributed by atoms with Gasteiger partial charge in [0, 0.05) is 5.41 Å². The Labute approximate surface area is 188 Å². The van der Waals surface area contributed by atoms with E-state index >= 15 is 0 Å². The number of allylic oxidation sites excluding steroid dienone is 6. The molecule has 0 amide bonds. The van der Waals surface area contributed by atoms with Crippen LogP contribution in [-0.4, -0.2) is 0 Å². The Morgan fingerprint density at radius 1 is 1.03 bits per heavy atom. The van der Waals surface area contributed by atoms with Crippen molar-refractivity contribution >= 4 is 0 Å². The Morgan fingerprint density at radius 2 is 1.87 bits per heavy atom. The zero-order valence-corrected chi connectivity index (χ0v) is 19.7. The fraction of sp³-hybridized carbons (Fsp3) is 0.613. The first-order valence-corrected chi connectivity index (χ1v) is 13.1. The van der Waals surface area contributed by atoms with E-state index in [1.165, 1.54) is 62.5 Å². The first-order valence-electron chi connectivity index (χ1n) is 13.1. The molecule has 8 unspecified atom stereocenters. The minimum atomic E-state index is 0.358. The second-order valence-corrected chi connectivity index (χ2v) is 12.4. The van der Waals surface area contributed by atoms with E-state index in [0.29, 0.717) is 16.2 Å². The molecule has 31 heavy (non-hydrogen) atoms. The zero-order chi connectivity index (χ0) is 21.0. The first kappa shape index (κ1) is 19.0. The minimum Gasteiger partial charge on any atom is -0.0882 e. The topological polar surface area (TPSA) is 0 Å². The van der Waals surface area contributed by atoms with E-state index in [-0.39, 0.29) is 0 Å². The highest BCUT2D eigenvalue weighted by molar-refractivity contribution is 5.58. The van der Waals surface area contributed by atoms with Crippen molar-refractivity contribution in [3.05, 3.63) is 70.8 Å². The predicted molar refractivity (Wildman–Crippen MR) is 129 cm³/mol. The summed E-state index contributed by atoms with van der Waals surface area (Å²) in [5.74, 6) is 4.79. The molecular weight excluding hydrogens is 372 g/mol. The van der Waals surface area contributed by atoms with Gasteiger partial charge in [-0.1, -0.05) is 66.6 Å². The molecule has 0 radical (unpaired) electrons. The Morgan fingerprint density at radius 3 is 2.71 bits per heavy atom. The highest BCUT2D eigenvalue weighted by Gasteiger charge is 2.80. The number of rotatable bonds is 3. The van der Waals surface area contributed by atoms with Crippen LogP contribution in [0.25, 0.3) is 0 Å². The van der Waals surface area contributed by atoms with E-state index in [4.69, 9.17) is 0 Å². The molecule has 3 fully saturated rings. The van der Waals surface area contributed by atoms with Gasteiger partial charge in [0.2, 0.25) is 0 Å². The molecule has 162 valence electrons. The molecule has 0 aromatic heterocycles. The molecule has 0 heteroatoms. The average molecular weight is 411 g/mol. The van der Waals surface area contributed by atoms with Gasteiger partial charge in [-0.2, -0.15) is 0 Å². The van der Waals surface area contributed by atoms with Gasteiger partial charge < -0.3 is 0 Å². The summed E-state index contributed by atoms with van der Waals surface area (Å²) in [7, 11) is 0. The third kappa shape index (κ3) is 2.18. The predicted octanol–water partition coefficient (Wildman–Crippen LogP) is 7.84. The molecule has 1 aromatic carbocycles. The van der Waals surface area contributed by atoms with Crippen molar-refractivity contribution in [1.82, 2.24) is 0 Å². The van der Waals surface area contributed by atoms with Crippen LogP contribution >= 0.6 is 0 Å². The van der Waals surface area contributed by atoms with Gasteiger partial charge in [-0.25, -0.2) is 0 Å². The van der Waals surface area contributed by atoms with Crippen LogP contribution in [0, 0.1) is 52.8 Å². The van der Waals surface area contributed by atoms with Crippen LogP contribution in [-0.2, 0) is 6.42 Å². The van der Waals surface area contributed by atoms with E-state index in [2.05, 4.69) is 69.3 Å². The number of aryl methyl sites for hydroxylation is 2. The third-order valence-corrected chi connectivity index (χ3v) is 11.6. The molecule has 3 saturated carbocycles. The molecule has 0 bridgehead atoms. The van der Waals surface area contributed by atoms with Crippen LogP contribution < -0.4 is 0 Å². The number of hydrogen-bond acceptors (Lipinski definition) is 0. The van der Waals surface area contributed by atoms with Crippen molar-refractivity contribution in [3.8, 4) is 0 Å². The van der Waals surface area contributed by atoms with Crippen molar-refractivity contribution < 1.29 is 0 Å². The van der Waals surface area contributed by atoms with Crippen LogP contribution in [0.5, 0.6) is 0 Å². The second kappa shape index (κ2) is 6.06. The molecule has 2 spiro atoms. The lowest BCUT2D eigenvalue weighted by molar-refractivity contribution is -0.284. The number of benzene rings is 1. The quantitative estimate of drug-likeness (QED) is 0.445. The van der Waals surface area contributed by atoms with Crippen molar-refractivity contribution in [2.75, 3.05) is 0 Å². The molecule has 0 heterocycles. The van der Waals surface area contributed by atoms with E-state index in [1.807, 2.05) is 0 Å². The second-order valence-electron chi connectivity index (χ2n) is 12.4. The molecule has 0 aliphatic heterocycles. The van der Waals surface area contributed by atoms with Crippen LogP contribution in [0.2, 0.25) is 0 Å². The van der Waals surface area contributed by atoms with Crippen molar-refractivity contribution in [3.63, 3.8) is 0 Å². The van der Waals surface area contributed by atoms with Crippen LogP contribution in [0.4, 0.5) is 0 Å². The lowest BCUT2D eigenvalue weighted by atomic mass is 9.25. The van der Waals surface area contributed by atoms with Gasteiger partial charge in [-0.05, 0) is 117 Å². The summed E-state index contributed by atoms with van der Waals surface area (Å²) in [5, 5.41) is 0. The van der Waals surface area contributed by atoms with Gasteiger partial charge >= 0.3 is 0 Å². The third-order valence-electron chi connectivity index (χ3n) is 11.6. The molecule has 7 rings (SSSR count). The maximum Gasteiger partial charge on any atom is 0.0205 e. The maximum absolute atomic E-state index is 2.76. The highest BCUT2D eigenvalue weighted by Crippen LogP contribution is 2.86. The van der Waals surface area contributed by atoms with Gasteiger partial charge in [-0.3, -0.25) is 0 Å². The van der Waals surface area contributed by atoms with Crippen LogP contribution in [0.15, 0.2) is 59.7 Å². The standard InChI is InChI=1S/C31H38/c1-20-9-11-22(12-10-20)13-15-29(3)21(2)17-23-19-31(23)27(29)14-16-30-25-8-6-4-5-7-24(25)26(30)18-28(30)31/h6,8-12,17,19,24-28H,4-5,7,13-16,18H2,1-3H3. The van der Waals surface area contributed by atoms with Gasteiger partial charge in [0.1, 0.15) is 0 Å². The largest absolute Gasteiger partial charge is 0.0882 e. The van der Waals surface area contributed by atoms with Gasteiger partial charge in [0.25, 0.3) is 0 Å². The van der Waals surface area contributed by atoms with Crippen molar-refractivity contribution in [2.45, 2.75) is 72.1 Å². The summed E-state index contributed by atoms with van der Waals surface area (Å²) in [5.41, 5.74) is 7.81. The summed E-state index contributed by atoms with van der Waals surface area (Å²) >= 11 is 0. The van der Waals surface area contributed by atoms with Crippen LogP contribution in [0.1, 0.15) is 69.9 Å². The summed E-state index contributed by atoms with van der Waals surface area (Å²) < 4.78 is 0. The first-order chi connectivity index (χ1) is 15.0. The molecule has 6 aliphatic carbocycles. The lowest BCUT2D eigenvalue weighted by Crippen LogP contribution is -2.73. The molecule has 0 nitrogen and oxygen atoms in total. The molecular formula is C31H38. The van der Waals surface area contributed by atoms with E-state index in [1.54, 1.807) is 11.1 Å². The fourth-order valence-corrected chi connectivity index (χ4v) is 9.87. The van der Waals surface area contributed by atoms with Gasteiger partial charge in [0.15, 0.2) is 0 Å². The van der Waals surface area contributed by atoms with E-state index in [0.717, 1.165) is 29.6 Å². The zero-order valence-electron chi connectivity index (χ0n) is 19.7. The normalized spacial score (nSPS) is 48.3. The Bertz CT molecular complexity index is 1020. The highest BCUT2D eigenvalue weighted by atomic mass is 14.8. The molecule has 1 aromatic rings. The Hall–Kier alpha value is -1.56. The smallest absolute Gasteiger partial charge is 0.0205 e.